The normalized spacial score (nSPS) is 13.5. The van der Waals surface area contributed by atoms with Crippen LogP contribution in [0.5, 0.6) is 5.75 Å². The summed E-state index contributed by atoms with van der Waals surface area (Å²) in [5, 5.41) is 4.26. The summed E-state index contributed by atoms with van der Waals surface area (Å²) in [6.45, 7) is 0.466. The highest BCUT2D eigenvalue weighted by atomic mass is 19.4. The molecular weight excluding hydrogens is 403 g/mol. The Kier molecular flexibility index (Phi) is 5.09. The second kappa shape index (κ2) is 7.85. The van der Waals surface area contributed by atoms with E-state index in [9.17, 15) is 18.0 Å². The number of rotatable bonds is 6. The van der Waals surface area contributed by atoms with Crippen LogP contribution in [0.1, 0.15) is 0 Å². The van der Waals surface area contributed by atoms with Crippen LogP contribution >= 0.6 is 0 Å². The summed E-state index contributed by atoms with van der Waals surface area (Å²) < 4.78 is 48.9. The Morgan fingerprint density at radius 3 is 2.53 bits per heavy atom. The van der Waals surface area contributed by atoms with Gasteiger partial charge in [-0.3, -0.25) is 5.43 Å². The van der Waals surface area contributed by atoms with E-state index in [0.29, 0.717) is 22.7 Å². The molecule has 0 radical (unpaired) electrons. The maximum Gasteiger partial charge on any atom is 0.573 e. The van der Waals surface area contributed by atoms with E-state index in [1.165, 1.54) is 33.3 Å². The number of pyridine rings is 1. The zero-order chi connectivity index (χ0) is 21.1. The standard InChI is InChI=1S/C19H16F3N5O3/c20-19(21,22)30-15-6-3-13(4-7-15)14-5-8-16-25-27(18(28)26(16)12-14)10-11-29-17-2-1-9-23-24-17/h1-9,12,23-24H,10-11H2. The third-order valence-corrected chi connectivity index (χ3v) is 4.18. The number of nitrogens with one attached hydrogen (secondary N) is 2. The second-order valence-corrected chi connectivity index (χ2v) is 6.23. The van der Waals surface area contributed by atoms with Crippen LogP contribution in [-0.4, -0.2) is 27.2 Å². The second-order valence-electron chi connectivity index (χ2n) is 6.23. The molecular formula is C19H16F3N5O3. The van der Waals surface area contributed by atoms with Crippen LogP contribution in [0.2, 0.25) is 0 Å². The van der Waals surface area contributed by atoms with Crippen molar-refractivity contribution in [1.82, 2.24) is 25.0 Å². The number of alkyl halides is 3. The average molecular weight is 419 g/mol. The first-order chi connectivity index (χ1) is 14.4. The minimum Gasteiger partial charge on any atom is -0.476 e. The molecule has 0 saturated heterocycles. The van der Waals surface area contributed by atoms with E-state index >= 15 is 0 Å². The Labute approximate surface area is 167 Å². The monoisotopic (exact) mass is 419 g/mol. The molecule has 156 valence electrons. The van der Waals surface area contributed by atoms with E-state index in [1.807, 2.05) is 0 Å². The summed E-state index contributed by atoms with van der Waals surface area (Å²) in [5.41, 5.74) is 6.95. The van der Waals surface area contributed by atoms with Crippen LogP contribution in [0.15, 0.2) is 71.6 Å². The van der Waals surface area contributed by atoms with E-state index in [1.54, 1.807) is 36.7 Å². The maximum absolute atomic E-state index is 12.6. The predicted molar refractivity (Wildman–Crippen MR) is 101 cm³/mol. The molecule has 1 aromatic carbocycles. The van der Waals surface area contributed by atoms with E-state index in [-0.39, 0.29) is 24.6 Å². The zero-order valence-corrected chi connectivity index (χ0v) is 15.4. The summed E-state index contributed by atoms with van der Waals surface area (Å²) >= 11 is 0. The number of halogens is 3. The van der Waals surface area contributed by atoms with Gasteiger partial charge in [-0.15, -0.1) is 18.3 Å². The van der Waals surface area contributed by atoms with Crippen LogP contribution < -0.4 is 21.3 Å². The molecule has 4 rings (SSSR count). The fourth-order valence-corrected chi connectivity index (χ4v) is 2.85. The van der Waals surface area contributed by atoms with Crippen LogP contribution in [0.25, 0.3) is 16.8 Å². The fraction of sp³-hybridized carbons (Fsp3) is 0.158. The van der Waals surface area contributed by atoms with Gasteiger partial charge in [-0.2, -0.15) is 0 Å². The van der Waals surface area contributed by atoms with Crippen molar-refractivity contribution in [3.63, 3.8) is 0 Å². The first kappa shape index (κ1) is 19.4. The van der Waals surface area contributed by atoms with E-state index in [4.69, 9.17) is 4.74 Å². The fourth-order valence-electron chi connectivity index (χ4n) is 2.85. The first-order valence-corrected chi connectivity index (χ1v) is 8.86. The van der Waals surface area contributed by atoms with E-state index in [2.05, 4.69) is 20.7 Å². The lowest BCUT2D eigenvalue weighted by molar-refractivity contribution is -0.274. The minimum absolute atomic E-state index is 0.228. The molecule has 0 spiro atoms. The number of aromatic nitrogens is 3. The van der Waals surface area contributed by atoms with Gasteiger partial charge in [0.2, 0.25) is 5.88 Å². The molecule has 8 nitrogen and oxygen atoms in total. The summed E-state index contributed by atoms with van der Waals surface area (Å²) in [6.07, 6.45) is 2.05. The number of hydrogen-bond acceptors (Lipinski definition) is 6. The minimum atomic E-state index is -4.75. The average Bonchev–Trinajstić information content (AvgIpc) is 3.03. The quantitative estimate of drug-likeness (QED) is 0.639. The van der Waals surface area contributed by atoms with Gasteiger partial charge < -0.3 is 14.9 Å². The van der Waals surface area contributed by atoms with Gasteiger partial charge >= 0.3 is 12.1 Å². The number of allylic oxidation sites excluding steroid dienone is 2. The summed E-state index contributed by atoms with van der Waals surface area (Å²) in [4.78, 5) is 12.6. The molecule has 0 bridgehead atoms. The van der Waals surface area contributed by atoms with Crippen molar-refractivity contribution in [3.05, 3.63) is 77.3 Å². The lowest BCUT2D eigenvalue weighted by Gasteiger charge is -2.14. The van der Waals surface area contributed by atoms with Crippen LogP contribution in [-0.2, 0) is 11.3 Å². The largest absolute Gasteiger partial charge is 0.573 e. The number of benzene rings is 1. The van der Waals surface area contributed by atoms with Crippen molar-refractivity contribution in [2.45, 2.75) is 12.9 Å². The number of nitrogens with zero attached hydrogens (tertiary/aromatic N) is 3. The topological polar surface area (TPSA) is 81.8 Å². The van der Waals surface area contributed by atoms with Crippen molar-refractivity contribution in [3.8, 4) is 16.9 Å². The predicted octanol–water partition coefficient (Wildman–Crippen LogP) is 2.54. The lowest BCUT2D eigenvalue weighted by Crippen LogP contribution is -2.30. The van der Waals surface area contributed by atoms with Crippen LogP contribution in [0.3, 0.4) is 0 Å². The van der Waals surface area contributed by atoms with Gasteiger partial charge in [-0.05, 0) is 41.5 Å². The molecule has 0 unspecified atom stereocenters. The molecule has 0 saturated carbocycles. The van der Waals surface area contributed by atoms with Crippen LogP contribution in [0.4, 0.5) is 13.2 Å². The summed E-state index contributed by atoms with van der Waals surface area (Å²) in [5.74, 6) is 0.208. The van der Waals surface area contributed by atoms with Crippen molar-refractivity contribution in [2.75, 3.05) is 6.61 Å². The van der Waals surface area contributed by atoms with Gasteiger partial charge in [0, 0.05) is 18.5 Å². The number of fused-ring (bicyclic) bond motifs is 1. The molecule has 0 aliphatic carbocycles. The molecule has 0 amide bonds. The number of hydrazine groups is 1. The molecule has 2 aromatic heterocycles. The van der Waals surface area contributed by atoms with Crippen molar-refractivity contribution in [2.24, 2.45) is 0 Å². The maximum atomic E-state index is 12.6. The molecule has 1 aliphatic heterocycles. The Balaban J connectivity index is 1.50. The van der Waals surface area contributed by atoms with Crippen molar-refractivity contribution in [1.29, 1.82) is 0 Å². The van der Waals surface area contributed by atoms with Gasteiger partial charge in [-0.1, -0.05) is 12.1 Å². The molecule has 2 N–H and O–H groups in total. The molecule has 1 aliphatic rings. The van der Waals surface area contributed by atoms with E-state index in [0.717, 1.165) is 0 Å². The first-order valence-electron chi connectivity index (χ1n) is 8.86. The number of ether oxygens (including phenoxy) is 2. The Bertz CT molecular complexity index is 1160. The van der Waals surface area contributed by atoms with Gasteiger partial charge in [-0.25, -0.2) is 13.9 Å². The molecule has 0 fully saturated rings. The van der Waals surface area contributed by atoms with Gasteiger partial charge in [0.25, 0.3) is 0 Å². The Morgan fingerprint density at radius 1 is 1.07 bits per heavy atom. The highest BCUT2D eigenvalue weighted by Gasteiger charge is 2.30. The molecule has 3 aromatic rings. The van der Waals surface area contributed by atoms with Gasteiger partial charge in [0.05, 0.1) is 6.54 Å². The van der Waals surface area contributed by atoms with Crippen LogP contribution in [0, 0.1) is 0 Å². The highest BCUT2D eigenvalue weighted by Crippen LogP contribution is 2.26. The Hall–Kier alpha value is -3.89. The van der Waals surface area contributed by atoms with Crippen molar-refractivity contribution < 1.29 is 22.6 Å². The molecule has 0 atom stereocenters. The van der Waals surface area contributed by atoms with Gasteiger partial charge in [0.1, 0.15) is 12.4 Å². The highest BCUT2D eigenvalue weighted by molar-refractivity contribution is 5.65. The molecule has 30 heavy (non-hydrogen) atoms. The van der Waals surface area contributed by atoms with Crippen molar-refractivity contribution >= 4 is 5.65 Å². The Morgan fingerprint density at radius 2 is 1.83 bits per heavy atom. The summed E-state index contributed by atoms with van der Waals surface area (Å²) in [7, 11) is 0. The SMILES string of the molecule is O=c1n(CCOC2=CC=CNN2)nc2ccc(-c3ccc(OC(F)(F)F)cc3)cn12. The number of hydrogen-bond donors (Lipinski definition) is 2. The summed E-state index contributed by atoms with van der Waals surface area (Å²) in [6, 6.07) is 8.80. The molecule has 3 heterocycles. The lowest BCUT2D eigenvalue weighted by atomic mass is 10.1. The zero-order valence-electron chi connectivity index (χ0n) is 15.4. The van der Waals surface area contributed by atoms with Gasteiger partial charge in [0.15, 0.2) is 5.65 Å². The third kappa shape index (κ3) is 4.40. The van der Waals surface area contributed by atoms with E-state index < -0.39 is 6.36 Å². The molecule has 11 heteroatoms. The smallest absolute Gasteiger partial charge is 0.476 e. The third-order valence-electron chi connectivity index (χ3n) is 4.18.